The van der Waals surface area contributed by atoms with Crippen molar-refractivity contribution in [2.45, 2.75) is 13.1 Å². The summed E-state index contributed by atoms with van der Waals surface area (Å²) < 4.78 is 37.7. The van der Waals surface area contributed by atoms with Crippen molar-refractivity contribution in [3.8, 4) is 0 Å². The van der Waals surface area contributed by atoms with E-state index in [2.05, 4.69) is 10.4 Å². The zero-order valence-corrected chi connectivity index (χ0v) is 9.88. The Morgan fingerprint density at radius 1 is 1.26 bits per heavy atom. The molecule has 0 fully saturated rings. The third-order valence-corrected chi connectivity index (χ3v) is 2.48. The van der Waals surface area contributed by atoms with E-state index in [-0.39, 0.29) is 0 Å². The van der Waals surface area contributed by atoms with E-state index in [4.69, 9.17) is 0 Å². The standard InChI is InChI=1S/C12H10F3N3O/c1-7-2-4-8(5-3-7)17-11(19)9-6-16-18-10(9)12(13,14)15/h2-6H,1H3,(H,16,18)(H,17,19). The molecule has 2 N–H and O–H groups in total. The molecule has 0 radical (unpaired) electrons. The number of carbonyl (C=O) groups is 1. The molecule has 0 saturated carbocycles. The van der Waals surface area contributed by atoms with Gasteiger partial charge in [-0.05, 0) is 19.1 Å². The molecule has 7 heteroatoms. The third-order valence-electron chi connectivity index (χ3n) is 2.48. The van der Waals surface area contributed by atoms with E-state index in [0.29, 0.717) is 5.69 Å². The summed E-state index contributed by atoms with van der Waals surface area (Å²) in [6.07, 6.45) is -3.79. The Kier molecular flexibility index (Phi) is 3.28. The number of hydrogen-bond acceptors (Lipinski definition) is 2. The van der Waals surface area contributed by atoms with Crippen LogP contribution in [0.15, 0.2) is 30.5 Å². The number of hydrogen-bond donors (Lipinski definition) is 2. The van der Waals surface area contributed by atoms with Crippen LogP contribution in [0.4, 0.5) is 18.9 Å². The maximum atomic E-state index is 12.6. The Morgan fingerprint density at radius 2 is 1.89 bits per heavy atom. The van der Waals surface area contributed by atoms with Crippen LogP contribution in [0, 0.1) is 6.92 Å². The first-order valence-corrected chi connectivity index (χ1v) is 5.36. The van der Waals surface area contributed by atoms with Crippen molar-refractivity contribution >= 4 is 11.6 Å². The van der Waals surface area contributed by atoms with E-state index in [1.54, 1.807) is 29.4 Å². The first-order valence-electron chi connectivity index (χ1n) is 5.36. The molecular formula is C12H10F3N3O. The second-order valence-corrected chi connectivity index (χ2v) is 3.98. The smallest absolute Gasteiger partial charge is 0.322 e. The minimum Gasteiger partial charge on any atom is -0.322 e. The zero-order chi connectivity index (χ0) is 14.0. The van der Waals surface area contributed by atoms with Gasteiger partial charge in [0.1, 0.15) is 0 Å². The summed E-state index contributed by atoms with van der Waals surface area (Å²) in [4.78, 5) is 11.8. The average Bonchev–Trinajstić information content (AvgIpc) is 2.81. The summed E-state index contributed by atoms with van der Waals surface area (Å²) in [5, 5.41) is 7.43. The highest BCUT2D eigenvalue weighted by Gasteiger charge is 2.37. The molecule has 0 aliphatic heterocycles. The molecule has 4 nitrogen and oxygen atoms in total. The molecular weight excluding hydrogens is 259 g/mol. The maximum Gasteiger partial charge on any atom is 0.433 e. The number of amides is 1. The quantitative estimate of drug-likeness (QED) is 0.880. The maximum absolute atomic E-state index is 12.6. The zero-order valence-electron chi connectivity index (χ0n) is 9.88. The van der Waals surface area contributed by atoms with Crippen LogP contribution in [-0.2, 0) is 6.18 Å². The summed E-state index contributed by atoms with van der Waals surface area (Å²) in [6, 6.07) is 6.71. The molecule has 1 amide bonds. The number of nitrogens with zero attached hydrogens (tertiary/aromatic N) is 1. The molecule has 1 heterocycles. The fourth-order valence-corrected chi connectivity index (χ4v) is 1.51. The average molecular weight is 269 g/mol. The molecule has 2 aromatic rings. The van der Waals surface area contributed by atoms with Crippen LogP contribution in [-0.4, -0.2) is 16.1 Å². The molecule has 100 valence electrons. The minimum atomic E-state index is -4.64. The lowest BCUT2D eigenvalue weighted by Crippen LogP contribution is -2.17. The number of carbonyl (C=O) groups excluding carboxylic acids is 1. The van der Waals surface area contributed by atoms with Gasteiger partial charge in [0.05, 0.1) is 11.8 Å². The summed E-state index contributed by atoms with van der Waals surface area (Å²) in [6.45, 7) is 1.86. The Labute approximate surface area is 106 Å². The number of H-pyrrole nitrogens is 1. The highest BCUT2D eigenvalue weighted by molar-refractivity contribution is 6.05. The van der Waals surface area contributed by atoms with Crippen molar-refractivity contribution in [1.29, 1.82) is 0 Å². The summed E-state index contributed by atoms with van der Waals surface area (Å²) in [7, 11) is 0. The van der Waals surface area contributed by atoms with Gasteiger partial charge in [-0.3, -0.25) is 9.89 Å². The van der Waals surface area contributed by atoms with Crippen LogP contribution in [0.3, 0.4) is 0 Å². The van der Waals surface area contributed by atoms with Crippen LogP contribution < -0.4 is 5.32 Å². The van der Waals surface area contributed by atoms with Gasteiger partial charge in [0.25, 0.3) is 5.91 Å². The van der Waals surface area contributed by atoms with E-state index in [1.165, 1.54) is 0 Å². The van der Waals surface area contributed by atoms with Gasteiger partial charge in [-0.2, -0.15) is 18.3 Å². The number of halogens is 3. The van der Waals surface area contributed by atoms with Crippen molar-refractivity contribution in [3.63, 3.8) is 0 Å². The number of benzene rings is 1. The van der Waals surface area contributed by atoms with Crippen molar-refractivity contribution in [2.75, 3.05) is 5.32 Å². The first-order chi connectivity index (χ1) is 8.88. The van der Waals surface area contributed by atoms with Crippen molar-refractivity contribution < 1.29 is 18.0 Å². The SMILES string of the molecule is Cc1ccc(NC(=O)c2cn[nH]c2C(F)(F)F)cc1. The van der Waals surface area contributed by atoms with Crippen molar-refractivity contribution in [2.24, 2.45) is 0 Å². The number of alkyl halides is 3. The highest BCUT2D eigenvalue weighted by atomic mass is 19.4. The Bertz CT molecular complexity index is 587. The number of anilines is 1. The lowest BCUT2D eigenvalue weighted by atomic mass is 10.2. The van der Waals surface area contributed by atoms with Crippen molar-refractivity contribution in [1.82, 2.24) is 10.2 Å². The van der Waals surface area contributed by atoms with Gasteiger partial charge in [-0.15, -0.1) is 0 Å². The molecule has 0 saturated heterocycles. The summed E-state index contributed by atoms with van der Waals surface area (Å²) >= 11 is 0. The number of nitrogens with one attached hydrogen (secondary N) is 2. The number of aromatic amines is 1. The van der Waals surface area contributed by atoms with Crippen LogP contribution in [0.5, 0.6) is 0 Å². The molecule has 2 rings (SSSR count). The van der Waals surface area contributed by atoms with Crippen molar-refractivity contribution in [3.05, 3.63) is 47.3 Å². The van der Waals surface area contributed by atoms with Gasteiger partial charge in [-0.25, -0.2) is 0 Å². The molecule has 0 atom stereocenters. The van der Waals surface area contributed by atoms with E-state index >= 15 is 0 Å². The third kappa shape index (κ3) is 2.93. The predicted molar refractivity (Wildman–Crippen MR) is 62.7 cm³/mol. The number of aromatic nitrogens is 2. The monoisotopic (exact) mass is 269 g/mol. The molecule has 19 heavy (non-hydrogen) atoms. The fourth-order valence-electron chi connectivity index (χ4n) is 1.51. The highest BCUT2D eigenvalue weighted by Crippen LogP contribution is 2.30. The number of rotatable bonds is 2. The largest absolute Gasteiger partial charge is 0.433 e. The van der Waals surface area contributed by atoms with E-state index < -0.39 is 23.3 Å². The van der Waals surface area contributed by atoms with Gasteiger partial charge in [-0.1, -0.05) is 17.7 Å². The lowest BCUT2D eigenvalue weighted by molar-refractivity contribution is -0.141. The van der Waals surface area contributed by atoms with Gasteiger partial charge in [0.2, 0.25) is 0 Å². The normalized spacial score (nSPS) is 11.4. The van der Waals surface area contributed by atoms with Gasteiger partial charge >= 0.3 is 6.18 Å². The fraction of sp³-hybridized carbons (Fsp3) is 0.167. The van der Waals surface area contributed by atoms with Gasteiger partial charge in [0.15, 0.2) is 5.69 Å². The van der Waals surface area contributed by atoms with Gasteiger partial charge in [0, 0.05) is 5.69 Å². The Morgan fingerprint density at radius 3 is 2.47 bits per heavy atom. The summed E-state index contributed by atoms with van der Waals surface area (Å²) in [5.74, 6) is -0.857. The molecule has 0 spiro atoms. The topological polar surface area (TPSA) is 57.8 Å². The molecule has 0 unspecified atom stereocenters. The second kappa shape index (κ2) is 4.75. The van der Waals surface area contributed by atoms with E-state index in [1.807, 2.05) is 6.92 Å². The van der Waals surface area contributed by atoms with E-state index in [9.17, 15) is 18.0 Å². The van der Waals surface area contributed by atoms with E-state index in [0.717, 1.165) is 11.8 Å². The van der Waals surface area contributed by atoms with Crippen LogP contribution >= 0.6 is 0 Å². The van der Waals surface area contributed by atoms with Crippen LogP contribution in [0.25, 0.3) is 0 Å². The molecule has 1 aromatic carbocycles. The molecule has 0 aliphatic carbocycles. The molecule has 0 bridgehead atoms. The Hall–Kier alpha value is -2.31. The Balaban J connectivity index is 2.21. The van der Waals surface area contributed by atoms with Crippen LogP contribution in [0.2, 0.25) is 0 Å². The second-order valence-electron chi connectivity index (χ2n) is 3.98. The van der Waals surface area contributed by atoms with Gasteiger partial charge < -0.3 is 5.32 Å². The summed E-state index contributed by atoms with van der Waals surface area (Å²) in [5.41, 5.74) is -0.285. The number of aryl methyl sites for hydroxylation is 1. The molecule has 1 aromatic heterocycles. The first kappa shape index (κ1) is 13.1. The predicted octanol–water partition coefficient (Wildman–Crippen LogP) is 2.99. The minimum absolute atomic E-state index is 0.421. The molecule has 0 aliphatic rings. The lowest BCUT2D eigenvalue weighted by Gasteiger charge is -2.08. The van der Waals surface area contributed by atoms with Crippen LogP contribution in [0.1, 0.15) is 21.6 Å².